The predicted molar refractivity (Wildman–Crippen MR) is 160 cm³/mol. The molecule has 1 atom stereocenters. The molecular weight excluding hydrogens is 528 g/mol. The van der Waals surface area contributed by atoms with E-state index in [-0.39, 0.29) is 29.2 Å². The van der Waals surface area contributed by atoms with Crippen LogP contribution < -0.4 is 15.1 Å². The molecule has 1 unspecified atom stereocenters. The molecule has 208 valence electrons. The minimum absolute atomic E-state index is 0.0730. The largest absolute Gasteiger partial charge is 0.497 e. The summed E-state index contributed by atoms with van der Waals surface area (Å²) in [5, 5.41) is 0.342. The van der Waals surface area contributed by atoms with Gasteiger partial charge in [-0.15, -0.1) is 0 Å². The molecule has 4 aromatic carbocycles. The van der Waals surface area contributed by atoms with Gasteiger partial charge in [-0.1, -0.05) is 66.2 Å². The molecular formula is C35H28N2O5. The summed E-state index contributed by atoms with van der Waals surface area (Å²) >= 11 is 0. The molecule has 7 heteroatoms. The van der Waals surface area contributed by atoms with Crippen LogP contribution in [0.15, 0.2) is 100 Å². The van der Waals surface area contributed by atoms with E-state index in [9.17, 15) is 14.4 Å². The minimum atomic E-state index is -1.69. The van der Waals surface area contributed by atoms with Crippen molar-refractivity contribution in [2.45, 2.75) is 32.5 Å². The second-order valence-electron chi connectivity index (χ2n) is 10.9. The number of para-hydroxylation sites is 1. The van der Waals surface area contributed by atoms with E-state index in [1.807, 2.05) is 92.7 Å². The molecule has 2 aliphatic rings. The first-order chi connectivity index (χ1) is 20.3. The molecule has 5 aromatic rings. The van der Waals surface area contributed by atoms with Crippen LogP contribution in [0.5, 0.6) is 5.75 Å². The number of carbonyl (C=O) groups is 2. The second kappa shape index (κ2) is 9.45. The van der Waals surface area contributed by atoms with Crippen LogP contribution in [0.1, 0.15) is 43.9 Å². The van der Waals surface area contributed by atoms with Crippen LogP contribution in [0.2, 0.25) is 0 Å². The van der Waals surface area contributed by atoms with E-state index < -0.39 is 11.4 Å². The normalized spacial score (nSPS) is 17.3. The number of anilines is 1. The van der Waals surface area contributed by atoms with Crippen LogP contribution >= 0.6 is 0 Å². The number of rotatable bonds is 5. The van der Waals surface area contributed by atoms with Gasteiger partial charge in [-0.05, 0) is 60.9 Å². The number of hydrogen-bond donors (Lipinski definition) is 0. The van der Waals surface area contributed by atoms with Gasteiger partial charge in [0.25, 0.3) is 11.8 Å². The maximum atomic E-state index is 15.0. The van der Waals surface area contributed by atoms with Crippen molar-refractivity contribution in [2.75, 3.05) is 12.0 Å². The van der Waals surface area contributed by atoms with Gasteiger partial charge < -0.3 is 19.0 Å². The third kappa shape index (κ3) is 3.56. The van der Waals surface area contributed by atoms with E-state index in [1.54, 1.807) is 24.1 Å². The number of hydrogen-bond acceptors (Lipinski definition) is 5. The molecule has 0 radical (unpaired) electrons. The summed E-state index contributed by atoms with van der Waals surface area (Å²) in [6.45, 7) is 4.27. The lowest BCUT2D eigenvalue weighted by atomic mass is 9.83. The lowest BCUT2D eigenvalue weighted by Crippen LogP contribution is -2.53. The molecule has 0 saturated carbocycles. The first-order valence-electron chi connectivity index (χ1n) is 13.8. The lowest BCUT2D eigenvalue weighted by Gasteiger charge is -2.34. The molecule has 0 N–H and O–H groups in total. The molecule has 0 saturated heterocycles. The lowest BCUT2D eigenvalue weighted by molar-refractivity contribution is -0.126. The van der Waals surface area contributed by atoms with Gasteiger partial charge >= 0.3 is 0 Å². The van der Waals surface area contributed by atoms with Gasteiger partial charge in [0.05, 0.1) is 30.3 Å². The van der Waals surface area contributed by atoms with Crippen LogP contribution in [-0.2, 0) is 23.4 Å². The van der Waals surface area contributed by atoms with Crippen molar-refractivity contribution >= 4 is 28.5 Å². The molecule has 0 bridgehead atoms. The Morgan fingerprint density at radius 1 is 0.833 bits per heavy atom. The fourth-order valence-electron chi connectivity index (χ4n) is 6.35. The van der Waals surface area contributed by atoms with Gasteiger partial charge in [-0.3, -0.25) is 14.4 Å². The average Bonchev–Trinajstić information content (AvgIpc) is 3.39. The summed E-state index contributed by atoms with van der Waals surface area (Å²) in [5.41, 5.74) is 3.25. The first-order valence-corrected chi connectivity index (χ1v) is 13.8. The Kier molecular flexibility index (Phi) is 5.80. The Hall–Kier alpha value is -5.17. The first kappa shape index (κ1) is 25.8. The smallest absolute Gasteiger partial charge is 0.291 e. The predicted octanol–water partition coefficient (Wildman–Crippen LogP) is 5.86. The van der Waals surface area contributed by atoms with Crippen molar-refractivity contribution in [1.29, 1.82) is 0 Å². The highest BCUT2D eigenvalue weighted by molar-refractivity contribution is 6.17. The zero-order valence-corrected chi connectivity index (χ0v) is 23.5. The highest BCUT2D eigenvalue weighted by Crippen LogP contribution is 2.53. The Morgan fingerprint density at radius 3 is 2.33 bits per heavy atom. The fraction of sp³-hybridized carbons (Fsp3) is 0.171. The third-order valence-corrected chi connectivity index (χ3v) is 8.48. The van der Waals surface area contributed by atoms with Gasteiger partial charge in [-0.25, -0.2) is 0 Å². The van der Waals surface area contributed by atoms with E-state index in [1.165, 1.54) is 4.90 Å². The summed E-state index contributed by atoms with van der Waals surface area (Å²) < 4.78 is 11.5. The number of aryl methyl sites for hydroxylation is 2. The SMILES string of the molecule is COc1ccc(CN2C(=O)c3oc4ccc(C)cc4c(=O)c3C23C(=O)N(Cc2ccccc2C)c2ccccc23)cc1. The van der Waals surface area contributed by atoms with Gasteiger partial charge in [0.2, 0.25) is 5.76 Å². The summed E-state index contributed by atoms with van der Waals surface area (Å²) in [7, 11) is 1.59. The van der Waals surface area contributed by atoms with Crippen molar-refractivity contribution in [2.24, 2.45) is 0 Å². The second-order valence-corrected chi connectivity index (χ2v) is 10.9. The molecule has 2 amide bonds. The van der Waals surface area contributed by atoms with Crippen LogP contribution in [-0.4, -0.2) is 23.8 Å². The number of amides is 2. The highest BCUT2D eigenvalue weighted by Gasteiger charge is 2.65. The van der Waals surface area contributed by atoms with Crippen molar-refractivity contribution in [3.05, 3.63) is 140 Å². The number of fused-ring (bicyclic) bond motifs is 5. The van der Waals surface area contributed by atoms with Crippen LogP contribution in [0.3, 0.4) is 0 Å². The number of ether oxygens (including phenoxy) is 1. The molecule has 7 nitrogen and oxygen atoms in total. The third-order valence-electron chi connectivity index (χ3n) is 8.48. The zero-order chi connectivity index (χ0) is 29.2. The van der Waals surface area contributed by atoms with E-state index >= 15 is 0 Å². The van der Waals surface area contributed by atoms with E-state index in [0.29, 0.717) is 34.5 Å². The maximum absolute atomic E-state index is 15.0. The molecule has 7 rings (SSSR count). The molecule has 2 aliphatic heterocycles. The Balaban J connectivity index is 1.50. The average molecular weight is 557 g/mol. The van der Waals surface area contributed by atoms with Crippen molar-refractivity contribution < 1.29 is 18.7 Å². The summed E-state index contributed by atoms with van der Waals surface area (Å²) in [5.74, 6) is -0.270. The van der Waals surface area contributed by atoms with Crippen LogP contribution in [0, 0.1) is 13.8 Å². The van der Waals surface area contributed by atoms with Gasteiger partial charge in [0, 0.05) is 12.1 Å². The highest BCUT2D eigenvalue weighted by atomic mass is 16.5. The van der Waals surface area contributed by atoms with Crippen LogP contribution in [0.25, 0.3) is 11.0 Å². The van der Waals surface area contributed by atoms with E-state index in [4.69, 9.17) is 9.15 Å². The molecule has 0 fully saturated rings. The molecule has 42 heavy (non-hydrogen) atoms. The maximum Gasteiger partial charge on any atom is 0.291 e. The molecule has 1 aromatic heterocycles. The Bertz CT molecular complexity index is 1980. The van der Waals surface area contributed by atoms with Gasteiger partial charge in [0.1, 0.15) is 11.3 Å². The Labute approximate surface area is 242 Å². The molecule has 1 spiro atoms. The van der Waals surface area contributed by atoms with Gasteiger partial charge in [-0.2, -0.15) is 0 Å². The zero-order valence-electron chi connectivity index (χ0n) is 23.5. The van der Waals surface area contributed by atoms with E-state index in [2.05, 4.69) is 0 Å². The van der Waals surface area contributed by atoms with Crippen molar-refractivity contribution in [3.8, 4) is 5.75 Å². The van der Waals surface area contributed by atoms with Crippen LogP contribution in [0.4, 0.5) is 5.69 Å². The number of carbonyl (C=O) groups excluding carboxylic acids is 2. The topological polar surface area (TPSA) is 80.1 Å². The fourth-order valence-corrected chi connectivity index (χ4v) is 6.35. The van der Waals surface area contributed by atoms with Crippen molar-refractivity contribution in [3.63, 3.8) is 0 Å². The molecule has 3 heterocycles. The van der Waals surface area contributed by atoms with Gasteiger partial charge in [0.15, 0.2) is 11.0 Å². The standard InChI is InChI=1S/C35H28N2O5/c1-21-12-17-29-26(18-21)31(38)30-32(42-29)33(39)37(19-23-13-15-25(41-3)16-14-23)35(30)27-10-6-7-11-28(27)36(34(35)40)20-24-9-5-4-8-22(24)2/h4-18H,19-20H2,1-3H3. The Morgan fingerprint density at radius 2 is 1.57 bits per heavy atom. The monoisotopic (exact) mass is 556 g/mol. The van der Waals surface area contributed by atoms with Crippen molar-refractivity contribution in [1.82, 2.24) is 4.90 Å². The quantitative estimate of drug-likeness (QED) is 0.271. The minimum Gasteiger partial charge on any atom is -0.497 e. The summed E-state index contributed by atoms with van der Waals surface area (Å²) in [6, 6.07) is 27.9. The number of benzene rings is 4. The number of methoxy groups -OCH3 is 1. The number of nitrogens with zero attached hydrogens (tertiary/aromatic N) is 2. The summed E-state index contributed by atoms with van der Waals surface area (Å²) in [6.07, 6.45) is 0. The summed E-state index contributed by atoms with van der Waals surface area (Å²) in [4.78, 5) is 46.9. The van der Waals surface area contributed by atoms with E-state index in [0.717, 1.165) is 22.3 Å². The molecule has 0 aliphatic carbocycles.